The van der Waals surface area contributed by atoms with Crippen LogP contribution in [-0.4, -0.2) is 30.7 Å². The van der Waals surface area contributed by atoms with Gasteiger partial charge >= 0.3 is 5.97 Å². The summed E-state index contributed by atoms with van der Waals surface area (Å²) < 4.78 is 10.6. The van der Waals surface area contributed by atoms with Crippen molar-refractivity contribution in [1.29, 1.82) is 5.26 Å². The van der Waals surface area contributed by atoms with Crippen LogP contribution in [0, 0.1) is 11.3 Å². The van der Waals surface area contributed by atoms with Crippen LogP contribution in [0.3, 0.4) is 0 Å². The Kier molecular flexibility index (Phi) is 6.20. The molecule has 0 aliphatic carbocycles. The SMILES string of the molecule is CCOC(=O)C(C)Oc1ccc(N(C)c2cc3ccc(C#N)cc3c(Cl)n2)cc1. The molecule has 0 saturated heterocycles. The highest BCUT2D eigenvalue weighted by molar-refractivity contribution is 6.34. The quantitative estimate of drug-likeness (QED) is 0.427. The van der Waals surface area contributed by atoms with Gasteiger partial charge in [-0.1, -0.05) is 17.7 Å². The highest BCUT2D eigenvalue weighted by atomic mass is 35.5. The molecule has 0 N–H and O–H groups in total. The van der Waals surface area contributed by atoms with E-state index in [4.69, 9.17) is 26.3 Å². The minimum Gasteiger partial charge on any atom is -0.479 e. The van der Waals surface area contributed by atoms with Crippen LogP contribution in [0.2, 0.25) is 5.15 Å². The molecular weight excluding hydrogens is 390 g/mol. The maximum atomic E-state index is 11.7. The summed E-state index contributed by atoms with van der Waals surface area (Å²) in [6, 6.07) is 16.6. The summed E-state index contributed by atoms with van der Waals surface area (Å²) in [5.74, 6) is 0.834. The van der Waals surface area contributed by atoms with E-state index in [1.165, 1.54) is 0 Å². The van der Waals surface area contributed by atoms with Gasteiger partial charge in [0.05, 0.1) is 18.2 Å². The van der Waals surface area contributed by atoms with Crippen LogP contribution in [0.4, 0.5) is 11.5 Å². The molecule has 0 saturated carbocycles. The normalized spacial score (nSPS) is 11.6. The molecule has 0 fully saturated rings. The lowest BCUT2D eigenvalue weighted by Gasteiger charge is -2.20. The molecule has 0 amide bonds. The number of carbonyl (C=O) groups excluding carboxylic acids is 1. The van der Waals surface area contributed by atoms with E-state index in [1.54, 1.807) is 38.1 Å². The maximum Gasteiger partial charge on any atom is 0.347 e. The summed E-state index contributed by atoms with van der Waals surface area (Å²) >= 11 is 6.35. The number of anilines is 2. The van der Waals surface area contributed by atoms with E-state index in [1.807, 2.05) is 36.2 Å². The van der Waals surface area contributed by atoms with Crippen molar-refractivity contribution >= 4 is 39.8 Å². The molecule has 3 rings (SSSR count). The van der Waals surface area contributed by atoms with Gasteiger partial charge in [-0.3, -0.25) is 0 Å². The summed E-state index contributed by atoms with van der Waals surface area (Å²) in [4.78, 5) is 18.0. The van der Waals surface area contributed by atoms with Crippen LogP contribution >= 0.6 is 11.6 Å². The summed E-state index contributed by atoms with van der Waals surface area (Å²) in [6.07, 6.45) is -0.683. The zero-order chi connectivity index (χ0) is 21.0. The lowest BCUT2D eigenvalue weighted by atomic mass is 10.1. The second-order valence-corrected chi connectivity index (χ2v) is 6.74. The first-order chi connectivity index (χ1) is 13.9. The van der Waals surface area contributed by atoms with Crippen molar-refractivity contribution in [2.75, 3.05) is 18.6 Å². The molecule has 2 aromatic carbocycles. The van der Waals surface area contributed by atoms with Crippen LogP contribution < -0.4 is 9.64 Å². The third-order valence-electron chi connectivity index (χ3n) is 4.40. The average molecular weight is 410 g/mol. The molecule has 6 nitrogen and oxygen atoms in total. The molecule has 0 radical (unpaired) electrons. The molecule has 7 heteroatoms. The third-order valence-corrected chi connectivity index (χ3v) is 4.69. The van der Waals surface area contributed by atoms with E-state index in [9.17, 15) is 4.79 Å². The molecule has 0 bridgehead atoms. The highest BCUT2D eigenvalue weighted by Gasteiger charge is 2.16. The number of nitriles is 1. The Balaban J connectivity index is 1.81. The first-order valence-corrected chi connectivity index (χ1v) is 9.48. The topological polar surface area (TPSA) is 75.5 Å². The monoisotopic (exact) mass is 409 g/mol. The van der Waals surface area contributed by atoms with Crippen molar-refractivity contribution in [2.45, 2.75) is 20.0 Å². The van der Waals surface area contributed by atoms with Gasteiger partial charge in [-0.05, 0) is 61.7 Å². The van der Waals surface area contributed by atoms with E-state index in [0.29, 0.717) is 28.9 Å². The molecule has 3 aromatic rings. The Morgan fingerprint density at radius 2 is 1.97 bits per heavy atom. The number of nitrogens with zero attached hydrogens (tertiary/aromatic N) is 3. The minimum absolute atomic E-state index is 0.315. The van der Waals surface area contributed by atoms with E-state index in [0.717, 1.165) is 16.5 Å². The van der Waals surface area contributed by atoms with Crippen LogP contribution in [0.1, 0.15) is 19.4 Å². The van der Waals surface area contributed by atoms with Crippen molar-refractivity contribution in [3.63, 3.8) is 0 Å². The molecule has 1 atom stereocenters. The van der Waals surface area contributed by atoms with Gasteiger partial charge < -0.3 is 14.4 Å². The largest absolute Gasteiger partial charge is 0.479 e. The Hall–Kier alpha value is -3.30. The number of benzene rings is 2. The zero-order valence-electron chi connectivity index (χ0n) is 16.3. The molecule has 0 aliphatic rings. The Labute approximate surface area is 174 Å². The van der Waals surface area contributed by atoms with Crippen LogP contribution in [-0.2, 0) is 9.53 Å². The summed E-state index contributed by atoms with van der Waals surface area (Å²) in [6.45, 7) is 3.72. The Bertz CT molecular complexity index is 1080. The van der Waals surface area contributed by atoms with Crippen molar-refractivity contribution in [3.05, 3.63) is 59.2 Å². The number of aromatic nitrogens is 1. The third kappa shape index (κ3) is 4.58. The van der Waals surface area contributed by atoms with Gasteiger partial charge in [0.2, 0.25) is 0 Å². The molecule has 1 aromatic heterocycles. The van der Waals surface area contributed by atoms with Gasteiger partial charge in [-0.2, -0.15) is 5.26 Å². The second kappa shape index (κ2) is 8.80. The Morgan fingerprint density at radius 1 is 1.24 bits per heavy atom. The molecule has 1 unspecified atom stereocenters. The lowest BCUT2D eigenvalue weighted by molar-refractivity contribution is -0.150. The van der Waals surface area contributed by atoms with Gasteiger partial charge in [0.1, 0.15) is 16.7 Å². The van der Waals surface area contributed by atoms with Crippen molar-refractivity contribution in [1.82, 2.24) is 4.98 Å². The van der Waals surface area contributed by atoms with Crippen molar-refractivity contribution in [3.8, 4) is 11.8 Å². The number of ether oxygens (including phenoxy) is 2. The van der Waals surface area contributed by atoms with E-state index in [2.05, 4.69) is 11.1 Å². The van der Waals surface area contributed by atoms with E-state index >= 15 is 0 Å². The number of hydrogen-bond donors (Lipinski definition) is 0. The number of fused-ring (bicyclic) bond motifs is 1. The van der Waals surface area contributed by atoms with Crippen molar-refractivity contribution < 1.29 is 14.3 Å². The van der Waals surface area contributed by atoms with Gasteiger partial charge in [0.25, 0.3) is 0 Å². The fraction of sp³-hybridized carbons (Fsp3) is 0.227. The Morgan fingerprint density at radius 3 is 2.62 bits per heavy atom. The number of halogens is 1. The molecule has 0 aliphatic heterocycles. The summed E-state index contributed by atoms with van der Waals surface area (Å²) in [5.41, 5.74) is 1.41. The molecule has 148 valence electrons. The van der Waals surface area contributed by atoms with Crippen LogP contribution in [0.5, 0.6) is 5.75 Å². The summed E-state index contributed by atoms with van der Waals surface area (Å²) in [7, 11) is 1.88. The predicted octanol–water partition coefficient (Wildman–Crippen LogP) is 4.86. The zero-order valence-corrected chi connectivity index (χ0v) is 17.1. The first-order valence-electron chi connectivity index (χ1n) is 9.10. The van der Waals surface area contributed by atoms with E-state index < -0.39 is 12.1 Å². The number of hydrogen-bond acceptors (Lipinski definition) is 6. The number of carbonyl (C=O) groups is 1. The minimum atomic E-state index is -0.683. The molecule has 29 heavy (non-hydrogen) atoms. The predicted molar refractivity (Wildman–Crippen MR) is 113 cm³/mol. The van der Waals surface area contributed by atoms with Gasteiger partial charge in [0.15, 0.2) is 6.10 Å². The highest BCUT2D eigenvalue weighted by Crippen LogP contribution is 2.31. The number of esters is 1. The second-order valence-electron chi connectivity index (χ2n) is 6.38. The van der Waals surface area contributed by atoms with Gasteiger partial charge in [-0.25, -0.2) is 9.78 Å². The first kappa shape index (κ1) is 20.4. The van der Waals surface area contributed by atoms with Gasteiger partial charge in [-0.15, -0.1) is 0 Å². The van der Waals surface area contributed by atoms with Gasteiger partial charge in [0, 0.05) is 18.1 Å². The fourth-order valence-electron chi connectivity index (χ4n) is 2.83. The molecular formula is C22H20ClN3O3. The van der Waals surface area contributed by atoms with Crippen LogP contribution in [0.25, 0.3) is 10.8 Å². The molecule has 1 heterocycles. The fourth-order valence-corrected chi connectivity index (χ4v) is 3.08. The average Bonchev–Trinajstić information content (AvgIpc) is 2.73. The molecule has 0 spiro atoms. The standard InChI is InChI=1S/C22H20ClN3O3/c1-4-28-22(27)14(2)29-18-9-7-17(8-10-18)26(3)20-12-16-6-5-15(13-24)11-19(16)21(23)25-20/h5-12,14H,4H2,1-3H3. The lowest BCUT2D eigenvalue weighted by Crippen LogP contribution is -2.26. The van der Waals surface area contributed by atoms with Crippen LogP contribution in [0.15, 0.2) is 48.5 Å². The smallest absolute Gasteiger partial charge is 0.347 e. The number of pyridine rings is 1. The summed E-state index contributed by atoms with van der Waals surface area (Å²) in [5, 5.41) is 11.0. The van der Waals surface area contributed by atoms with E-state index in [-0.39, 0.29) is 0 Å². The number of rotatable bonds is 6. The maximum absolute atomic E-state index is 11.7. The van der Waals surface area contributed by atoms with Crippen molar-refractivity contribution in [2.24, 2.45) is 0 Å².